The molecule has 0 atom stereocenters. The van der Waals surface area contributed by atoms with Gasteiger partial charge in [0.1, 0.15) is 0 Å². The molecule has 0 aliphatic heterocycles. The maximum atomic E-state index is 10.8. The van der Waals surface area contributed by atoms with Gasteiger partial charge in [-0.25, -0.2) is 0 Å². The van der Waals surface area contributed by atoms with E-state index in [9.17, 15) is 5.11 Å². The van der Waals surface area contributed by atoms with Crippen LogP contribution < -0.4 is 0 Å². The van der Waals surface area contributed by atoms with E-state index in [1.807, 2.05) is 0 Å². The van der Waals surface area contributed by atoms with Crippen LogP contribution in [0, 0.1) is 0 Å². The molecule has 0 heterocycles. The number of rotatable bonds is 2. The second-order valence-corrected chi connectivity index (χ2v) is 5.35. The van der Waals surface area contributed by atoms with Crippen molar-refractivity contribution in [3.63, 3.8) is 0 Å². The van der Waals surface area contributed by atoms with Crippen molar-refractivity contribution in [2.24, 2.45) is 0 Å². The van der Waals surface area contributed by atoms with Gasteiger partial charge in [0.25, 0.3) is 0 Å². The van der Waals surface area contributed by atoms with Crippen molar-refractivity contribution < 1.29 is 9.84 Å². The molecule has 15 heavy (non-hydrogen) atoms. The lowest BCUT2D eigenvalue weighted by Gasteiger charge is -2.50. The van der Waals surface area contributed by atoms with E-state index in [0.29, 0.717) is 0 Å². The van der Waals surface area contributed by atoms with Crippen molar-refractivity contribution in [2.75, 3.05) is 7.11 Å². The number of hydrogen-bond acceptors (Lipinski definition) is 2. The van der Waals surface area contributed by atoms with Crippen LogP contribution in [0.25, 0.3) is 0 Å². The molecule has 2 heteroatoms. The molecule has 2 nitrogen and oxygen atoms in total. The maximum absolute atomic E-state index is 10.8. The van der Waals surface area contributed by atoms with E-state index >= 15 is 0 Å². The van der Waals surface area contributed by atoms with Crippen molar-refractivity contribution in [3.05, 3.63) is 0 Å². The van der Waals surface area contributed by atoms with Gasteiger partial charge >= 0.3 is 0 Å². The van der Waals surface area contributed by atoms with Crippen molar-refractivity contribution in [2.45, 2.75) is 75.4 Å². The average molecular weight is 212 g/mol. The van der Waals surface area contributed by atoms with Crippen LogP contribution in [0.4, 0.5) is 0 Å². The van der Waals surface area contributed by atoms with Crippen LogP contribution in [0.3, 0.4) is 0 Å². The Balaban J connectivity index is 2.15. The Labute approximate surface area is 93.0 Å². The Morgan fingerprint density at radius 2 is 1.27 bits per heavy atom. The van der Waals surface area contributed by atoms with Crippen LogP contribution in [0.15, 0.2) is 0 Å². The second kappa shape index (κ2) is 4.42. The molecule has 0 amide bonds. The van der Waals surface area contributed by atoms with Gasteiger partial charge in [-0.15, -0.1) is 0 Å². The van der Waals surface area contributed by atoms with Crippen LogP contribution in [0.2, 0.25) is 0 Å². The SMILES string of the molecule is COC1(C2(O)CCCCC2)CCCCC1. The highest BCUT2D eigenvalue weighted by Crippen LogP contribution is 2.46. The fourth-order valence-corrected chi connectivity index (χ4v) is 3.57. The van der Waals surface area contributed by atoms with Gasteiger partial charge in [0.2, 0.25) is 0 Å². The smallest absolute Gasteiger partial charge is 0.0964 e. The summed E-state index contributed by atoms with van der Waals surface area (Å²) in [5.74, 6) is 0. The maximum Gasteiger partial charge on any atom is 0.0964 e. The molecule has 0 aromatic heterocycles. The van der Waals surface area contributed by atoms with Gasteiger partial charge in [0.05, 0.1) is 11.2 Å². The molecule has 2 fully saturated rings. The van der Waals surface area contributed by atoms with Gasteiger partial charge in [-0.3, -0.25) is 0 Å². The van der Waals surface area contributed by atoms with Crippen LogP contribution >= 0.6 is 0 Å². The summed E-state index contributed by atoms with van der Waals surface area (Å²) in [5, 5.41) is 10.8. The number of ether oxygens (including phenoxy) is 1. The average Bonchev–Trinajstić information content (AvgIpc) is 2.31. The highest BCUT2D eigenvalue weighted by atomic mass is 16.5. The highest BCUT2D eigenvalue weighted by Gasteiger charge is 2.50. The molecule has 0 aromatic rings. The summed E-state index contributed by atoms with van der Waals surface area (Å²) < 4.78 is 5.77. The molecule has 88 valence electrons. The van der Waals surface area contributed by atoms with Crippen LogP contribution in [0.5, 0.6) is 0 Å². The first-order chi connectivity index (χ1) is 7.22. The third kappa shape index (κ3) is 1.94. The van der Waals surface area contributed by atoms with E-state index in [1.54, 1.807) is 7.11 Å². The van der Waals surface area contributed by atoms with Crippen molar-refractivity contribution in [1.29, 1.82) is 0 Å². The summed E-state index contributed by atoms with van der Waals surface area (Å²) in [6.45, 7) is 0. The van der Waals surface area contributed by atoms with Gasteiger partial charge < -0.3 is 9.84 Å². The Hall–Kier alpha value is -0.0800. The van der Waals surface area contributed by atoms with Crippen LogP contribution in [-0.4, -0.2) is 23.4 Å². The Morgan fingerprint density at radius 3 is 1.73 bits per heavy atom. The van der Waals surface area contributed by atoms with Gasteiger partial charge in [-0.1, -0.05) is 38.5 Å². The van der Waals surface area contributed by atoms with Gasteiger partial charge in [-0.2, -0.15) is 0 Å². The first-order valence-corrected chi connectivity index (χ1v) is 6.50. The standard InChI is InChI=1S/C13H24O2/c1-15-13(10-6-3-7-11-13)12(14)8-4-2-5-9-12/h14H,2-11H2,1H3. The quantitative estimate of drug-likeness (QED) is 0.762. The molecule has 1 N–H and O–H groups in total. The predicted molar refractivity (Wildman–Crippen MR) is 60.9 cm³/mol. The third-order valence-corrected chi connectivity index (χ3v) is 4.58. The predicted octanol–water partition coefficient (Wildman–Crippen LogP) is 3.03. The van der Waals surface area contributed by atoms with Crippen molar-refractivity contribution >= 4 is 0 Å². The molecule has 2 aliphatic carbocycles. The number of aliphatic hydroxyl groups is 1. The first kappa shape index (κ1) is 11.4. The lowest BCUT2D eigenvalue weighted by molar-refractivity contribution is -0.198. The Bertz CT molecular complexity index is 201. The van der Waals surface area contributed by atoms with Crippen LogP contribution in [0.1, 0.15) is 64.2 Å². The zero-order chi connectivity index (χ0) is 10.8. The number of methoxy groups -OCH3 is 1. The molecular formula is C13H24O2. The highest BCUT2D eigenvalue weighted by molar-refractivity contribution is 5.03. The van der Waals surface area contributed by atoms with E-state index in [-0.39, 0.29) is 5.60 Å². The zero-order valence-corrected chi connectivity index (χ0v) is 9.93. The largest absolute Gasteiger partial charge is 0.387 e. The molecule has 0 aromatic carbocycles. The summed E-state index contributed by atoms with van der Waals surface area (Å²) in [7, 11) is 1.79. The fourth-order valence-electron chi connectivity index (χ4n) is 3.57. The summed E-state index contributed by atoms with van der Waals surface area (Å²) in [5.41, 5.74) is -0.744. The van der Waals surface area contributed by atoms with Gasteiger partial charge in [0, 0.05) is 7.11 Å². The zero-order valence-electron chi connectivity index (χ0n) is 9.93. The summed E-state index contributed by atoms with van der Waals surface area (Å²) in [4.78, 5) is 0. The Morgan fingerprint density at radius 1 is 0.800 bits per heavy atom. The van der Waals surface area contributed by atoms with Crippen molar-refractivity contribution in [3.8, 4) is 0 Å². The van der Waals surface area contributed by atoms with E-state index in [0.717, 1.165) is 25.7 Å². The van der Waals surface area contributed by atoms with Gasteiger partial charge in [-0.05, 0) is 25.7 Å². The normalized spacial score (nSPS) is 30.0. The Kier molecular flexibility index (Phi) is 3.36. The molecule has 0 bridgehead atoms. The minimum atomic E-state index is -0.527. The van der Waals surface area contributed by atoms with E-state index in [2.05, 4.69) is 0 Å². The lowest BCUT2D eigenvalue weighted by Crippen LogP contribution is -2.57. The molecular weight excluding hydrogens is 188 g/mol. The summed E-state index contributed by atoms with van der Waals surface area (Å²) in [6.07, 6.45) is 11.4. The monoisotopic (exact) mass is 212 g/mol. The minimum absolute atomic E-state index is 0.217. The van der Waals surface area contributed by atoms with Gasteiger partial charge in [0.15, 0.2) is 0 Å². The second-order valence-electron chi connectivity index (χ2n) is 5.35. The van der Waals surface area contributed by atoms with Crippen molar-refractivity contribution in [1.82, 2.24) is 0 Å². The van der Waals surface area contributed by atoms with E-state index < -0.39 is 5.60 Å². The fraction of sp³-hybridized carbons (Fsp3) is 1.00. The third-order valence-electron chi connectivity index (χ3n) is 4.58. The summed E-state index contributed by atoms with van der Waals surface area (Å²) in [6, 6.07) is 0. The molecule has 0 unspecified atom stereocenters. The minimum Gasteiger partial charge on any atom is -0.387 e. The summed E-state index contributed by atoms with van der Waals surface area (Å²) >= 11 is 0. The molecule has 2 rings (SSSR count). The molecule has 2 aliphatic rings. The van der Waals surface area contributed by atoms with Crippen LogP contribution in [-0.2, 0) is 4.74 Å². The van der Waals surface area contributed by atoms with E-state index in [1.165, 1.54) is 38.5 Å². The van der Waals surface area contributed by atoms with E-state index in [4.69, 9.17) is 4.74 Å². The first-order valence-electron chi connectivity index (χ1n) is 6.50. The molecule has 0 radical (unpaired) electrons. The lowest BCUT2D eigenvalue weighted by atomic mass is 9.66. The topological polar surface area (TPSA) is 29.5 Å². The number of hydrogen-bond donors (Lipinski definition) is 1. The molecule has 0 saturated heterocycles. The molecule has 0 spiro atoms. The molecule has 2 saturated carbocycles.